The summed E-state index contributed by atoms with van der Waals surface area (Å²) in [5, 5.41) is 11.2. The van der Waals surface area contributed by atoms with E-state index in [1.807, 2.05) is 24.3 Å². The third-order valence-electron chi connectivity index (χ3n) is 2.99. The van der Waals surface area contributed by atoms with Gasteiger partial charge in [0.05, 0.1) is 6.61 Å². The molecular formula is C13H15NO3. The fourth-order valence-corrected chi connectivity index (χ4v) is 2.17. The Hall–Kier alpha value is -1.68. The summed E-state index contributed by atoms with van der Waals surface area (Å²) >= 11 is 0. The lowest BCUT2D eigenvalue weighted by molar-refractivity contribution is -0.121. The fourth-order valence-electron chi connectivity index (χ4n) is 2.17. The van der Waals surface area contributed by atoms with Crippen LogP contribution >= 0.6 is 0 Å². The Kier molecular flexibility index (Phi) is 3.54. The zero-order valence-electron chi connectivity index (χ0n) is 9.48. The summed E-state index contributed by atoms with van der Waals surface area (Å²) in [6, 6.07) is 7.48. The van der Waals surface area contributed by atoms with E-state index in [1.165, 1.54) is 0 Å². The SMILES string of the molecule is O=C(CC1Cc2ccccc2C1=O)NCCO. The topological polar surface area (TPSA) is 66.4 Å². The molecule has 0 spiro atoms. The van der Waals surface area contributed by atoms with Gasteiger partial charge in [-0.05, 0) is 12.0 Å². The normalized spacial score (nSPS) is 17.9. The first kappa shape index (κ1) is 11.8. The number of hydrogen-bond acceptors (Lipinski definition) is 3. The van der Waals surface area contributed by atoms with E-state index in [-0.39, 0.29) is 37.2 Å². The first-order valence-electron chi connectivity index (χ1n) is 5.72. The lowest BCUT2D eigenvalue weighted by Gasteiger charge is -2.07. The summed E-state index contributed by atoms with van der Waals surface area (Å²) in [5.74, 6) is -0.365. The Bertz CT molecular complexity index is 442. The molecule has 0 saturated heterocycles. The zero-order chi connectivity index (χ0) is 12.3. The van der Waals surface area contributed by atoms with Crippen LogP contribution in [0.5, 0.6) is 0 Å². The van der Waals surface area contributed by atoms with Gasteiger partial charge >= 0.3 is 0 Å². The second-order valence-electron chi connectivity index (χ2n) is 4.20. The maximum absolute atomic E-state index is 12.0. The molecule has 0 fully saturated rings. The van der Waals surface area contributed by atoms with Crippen molar-refractivity contribution in [2.75, 3.05) is 13.2 Å². The number of aliphatic hydroxyl groups is 1. The number of hydrogen-bond donors (Lipinski definition) is 2. The summed E-state index contributed by atoms with van der Waals surface area (Å²) in [4.78, 5) is 23.5. The molecule has 1 aromatic rings. The van der Waals surface area contributed by atoms with Crippen LogP contribution in [0, 0.1) is 5.92 Å². The van der Waals surface area contributed by atoms with E-state index < -0.39 is 0 Å². The lowest BCUT2D eigenvalue weighted by atomic mass is 10.0. The van der Waals surface area contributed by atoms with Crippen LogP contribution in [0.4, 0.5) is 0 Å². The molecular weight excluding hydrogens is 218 g/mol. The number of fused-ring (bicyclic) bond motifs is 1. The van der Waals surface area contributed by atoms with E-state index in [2.05, 4.69) is 5.32 Å². The van der Waals surface area contributed by atoms with E-state index in [1.54, 1.807) is 0 Å². The molecule has 1 amide bonds. The zero-order valence-corrected chi connectivity index (χ0v) is 9.48. The fraction of sp³-hybridized carbons (Fsp3) is 0.385. The third-order valence-corrected chi connectivity index (χ3v) is 2.99. The average Bonchev–Trinajstić information content (AvgIpc) is 2.64. The van der Waals surface area contributed by atoms with E-state index in [4.69, 9.17) is 5.11 Å². The van der Waals surface area contributed by atoms with Gasteiger partial charge in [0.1, 0.15) is 0 Å². The summed E-state index contributed by atoms with van der Waals surface area (Å²) in [6.45, 7) is 0.164. The molecule has 17 heavy (non-hydrogen) atoms. The van der Waals surface area contributed by atoms with Crippen molar-refractivity contribution in [3.05, 3.63) is 35.4 Å². The van der Waals surface area contributed by atoms with Crippen LogP contribution in [0.25, 0.3) is 0 Å². The van der Waals surface area contributed by atoms with Gasteiger partial charge in [0.2, 0.25) is 5.91 Å². The number of nitrogens with one attached hydrogen (secondary N) is 1. The van der Waals surface area contributed by atoms with E-state index in [0.29, 0.717) is 6.42 Å². The first-order chi connectivity index (χ1) is 8.22. The quantitative estimate of drug-likeness (QED) is 0.797. The van der Waals surface area contributed by atoms with Gasteiger partial charge < -0.3 is 10.4 Å². The molecule has 0 radical (unpaired) electrons. The molecule has 4 nitrogen and oxygen atoms in total. The molecule has 4 heteroatoms. The molecule has 1 atom stereocenters. The Balaban J connectivity index is 1.98. The van der Waals surface area contributed by atoms with Crippen molar-refractivity contribution in [1.82, 2.24) is 5.32 Å². The lowest BCUT2D eigenvalue weighted by Crippen LogP contribution is -2.29. The Labute approximate surface area is 99.6 Å². The maximum atomic E-state index is 12.0. The number of carbonyl (C=O) groups excluding carboxylic acids is 2. The van der Waals surface area contributed by atoms with Crippen molar-refractivity contribution >= 4 is 11.7 Å². The summed E-state index contributed by atoms with van der Waals surface area (Å²) in [7, 11) is 0. The highest BCUT2D eigenvalue weighted by molar-refractivity contribution is 6.03. The second-order valence-corrected chi connectivity index (χ2v) is 4.20. The molecule has 2 N–H and O–H groups in total. The van der Waals surface area contributed by atoms with Crippen molar-refractivity contribution in [3.8, 4) is 0 Å². The summed E-state index contributed by atoms with van der Waals surface area (Å²) in [5.41, 5.74) is 1.77. The van der Waals surface area contributed by atoms with Crippen molar-refractivity contribution < 1.29 is 14.7 Å². The predicted molar refractivity (Wildman–Crippen MR) is 62.7 cm³/mol. The van der Waals surface area contributed by atoms with Gasteiger partial charge in [-0.15, -0.1) is 0 Å². The molecule has 90 valence electrons. The Morgan fingerprint density at radius 2 is 2.18 bits per heavy atom. The third kappa shape index (κ3) is 2.53. The highest BCUT2D eigenvalue weighted by Gasteiger charge is 2.31. The van der Waals surface area contributed by atoms with Gasteiger partial charge in [0.25, 0.3) is 0 Å². The van der Waals surface area contributed by atoms with E-state index >= 15 is 0 Å². The maximum Gasteiger partial charge on any atom is 0.220 e. The minimum atomic E-state index is -0.244. The van der Waals surface area contributed by atoms with Crippen LogP contribution in [0.15, 0.2) is 24.3 Å². The van der Waals surface area contributed by atoms with E-state index in [9.17, 15) is 9.59 Å². The predicted octanol–water partition coefficient (Wildman–Crippen LogP) is 0.540. The van der Waals surface area contributed by atoms with Crippen LogP contribution in [0.1, 0.15) is 22.3 Å². The molecule has 0 aliphatic heterocycles. The van der Waals surface area contributed by atoms with Crippen molar-refractivity contribution in [1.29, 1.82) is 0 Å². The number of Topliss-reactive ketones (excluding diaryl/α,β-unsaturated/α-hetero) is 1. The van der Waals surface area contributed by atoms with Crippen molar-refractivity contribution in [2.24, 2.45) is 5.92 Å². The first-order valence-corrected chi connectivity index (χ1v) is 5.72. The molecule has 0 saturated carbocycles. The summed E-state index contributed by atoms with van der Waals surface area (Å²) in [6.07, 6.45) is 0.842. The number of rotatable bonds is 4. The smallest absolute Gasteiger partial charge is 0.220 e. The standard InChI is InChI=1S/C13H15NO3/c15-6-5-14-12(16)8-10-7-9-3-1-2-4-11(9)13(10)17/h1-4,10,15H,5-8H2,(H,14,16). The molecule has 1 aromatic carbocycles. The molecule has 0 heterocycles. The van der Waals surface area contributed by atoms with E-state index in [0.717, 1.165) is 11.1 Å². The number of carbonyl (C=O) groups is 2. The number of benzene rings is 1. The molecule has 1 unspecified atom stereocenters. The van der Waals surface area contributed by atoms with Crippen LogP contribution in [-0.4, -0.2) is 29.9 Å². The number of ketones is 1. The average molecular weight is 233 g/mol. The molecule has 0 bridgehead atoms. The van der Waals surface area contributed by atoms with Crippen LogP contribution in [0.2, 0.25) is 0 Å². The van der Waals surface area contributed by atoms with Gasteiger partial charge in [0.15, 0.2) is 5.78 Å². The van der Waals surface area contributed by atoms with Crippen LogP contribution < -0.4 is 5.32 Å². The second kappa shape index (κ2) is 5.10. The number of amides is 1. The summed E-state index contributed by atoms with van der Waals surface area (Å²) < 4.78 is 0. The Morgan fingerprint density at radius 3 is 2.88 bits per heavy atom. The van der Waals surface area contributed by atoms with Crippen molar-refractivity contribution in [2.45, 2.75) is 12.8 Å². The minimum Gasteiger partial charge on any atom is -0.395 e. The molecule has 0 aromatic heterocycles. The van der Waals surface area contributed by atoms with Crippen molar-refractivity contribution in [3.63, 3.8) is 0 Å². The van der Waals surface area contributed by atoms with Gasteiger partial charge in [-0.25, -0.2) is 0 Å². The van der Waals surface area contributed by atoms with Crippen LogP contribution in [0.3, 0.4) is 0 Å². The minimum absolute atomic E-state index is 0.0553. The highest BCUT2D eigenvalue weighted by atomic mass is 16.3. The van der Waals surface area contributed by atoms with Gasteiger partial charge in [-0.3, -0.25) is 9.59 Å². The highest BCUT2D eigenvalue weighted by Crippen LogP contribution is 2.28. The largest absolute Gasteiger partial charge is 0.395 e. The number of aliphatic hydroxyl groups excluding tert-OH is 1. The van der Waals surface area contributed by atoms with Gasteiger partial charge in [-0.1, -0.05) is 24.3 Å². The van der Waals surface area contributed by atoms with Gasteiger partial charge in [0, 0.05) is 24.4 Å². The molecule has 1 aliphatic rings. The van der Waals surface area contributed by atoms with Crippen LogP contribution in [-0.2, 0) is 11.2 Å². The molecule has 1 aliphatic carbocycles. The Morgan fingerprint density at radius 1 is 1.41 bits per heavy atom. The monoisotopic (exact) mass is 233 g/mol. The van der Waals surface area contributed by atoms with Gasteiger partial charge in [-0.2, -0.15) is 0 Å². The molecule has 2 rings (SSSR count).